The molecule has 0 fully saturated rings. The molecule has 2 rings (SSSR count). The fourth-order valence-corrected chi connectivity index (χ4v) is 2.28. The number of benzene rings is 2. The maximum absolute atomic E-state index is 13.7. The van der Waals surface area contributed by atoms with Crippen LogP contribution in [-0.2, 0) is 0 Å². The zero-order valence-electron chi connectivity index (χ0n) is 11.4. The van der Waals surface area contributed by atoms with Crippen molar-refractivity contribution in [2.45, 2.75) is 0 Å². The van der Waals surface area contributed by atoms with Gasteiger partial charge in [-0.15, -0.1) is 0 Å². The fourth-order valence-electron chi connectivity index (χ4n) is 1.85. The summed E-state index contributed by atoms with van der Waals surface area (Å²) in [6.45, 7) is 0. The van der Waals surface area contributed by atoms with E-state index in [4.69, 9.17) is 0 Å². The summed E-state index contributed by atoms with van der Waals surface area (Å²) in [6, 6.07) is 9.82. The van der Waals surface area contributed by atoms with Crippen molar-refractivity contribution in [3.8, 4) is 0 Å². The second-order valence-electron chi connectivity index (χ2n) is 4.61. The van der Waals surface area contributed by atoms with E-state index in [1.54, 1.807) is 12.1 Å². The van der Waals surface area contributed by atoms with Gasteiger partial charge in [-0.25, -0.2) is 0 Å². The van der Waals surface area contributed by atoms with Crippen LogP contribution in [0.5, 0.6) is 0 Å². The Hall–Kier alpha value is -2.15. The maximum Gasteiger partial charge on any atom is 0.328 e. The minimum Gasteiger partial charge on any atom is -0.378 e. The topological polar surface area (TPSA) is 58.4 Å². The summed E-state index contributed by atoms with van der Waals surface area (Å²) in [5, 5.41) is 13.9. The fraction of sp³-hybridized carbons (Fsp3) is 0.143. The van der Waals surface area contributed by atoms with Crippen molar-refractivity contribution in [2.75, 3.05) is 24.3 Å². The molecule has 0 atom stereocenters. The van der Waals surface area contributed by atoms with Crippen LogP contribution in [-0.4, -0.2) is 19.0 Å². The van der Waals surface area contributed by atoms with Crippen LogP contribution in [0.4, 0.5) is 27.1 Å². The van der Waals surface area contributed by atoms with E-state index < -0.39 is 16.4 Å². The molecule has 1 N–H and O–H groups in total. The van der Waals surface area contributed by atoms with Crippen LogP contribution in [0.1, 0.15) is 0 Å². The molecular formula is C14H13BrFN3O2. The van der Waals surface area contributed by atoms with Gasteiger partial charge in [-0.2, -0.15) is 4.39 Å². The molecule has 0 aliphatic carbocycles. The van der Waals surface area contributed by atoms with Gasteiger partial charge in [0, 0.05) is 29.9 Å². The van der Waals surface area contributed by atoms with Gasteiger partial charge in [-0.1, -0.05) is 15.9 Å². The van der Waals surface area contributed by atoms with E-state index in [9.17, 15) is 14.5 Å². The average Bonchev–Trinajstić information content (AvgIpc) is 2.37. The minimum atomic E-state index is -0.887. The summed E-state index contributed by atoms with van der Waals surface area (Å²) >= 11 is 3.13. The Morgan fingerprint density at radius 1 is 1.24 bits per heavy atom. The normalized spacial score (nSPS) is 10.3. The molecule has 0 aliphatic rings. The number of rotatable bonds is 4. The quantitative estimate of drug-likeness (QED) is 0.657. The van der Waals surface area contributed by atoms with Crippen LogP contribution in [0.15, 0.2) is 40.9 Å². The lowest BCUT2D eigenvalue weighted by molar-refractivity contribution is -0.386. The van der Waals surface area contributed by atoms with Crippen LogP contribution in [0.25, 0.3) is 0 Å². The highest BCUT2D eigenvalue weighted by molar-refractivity contribution is 9.10. The molecule has 2 aromatic carbocycles. The van der Waals surface area contributed by atoms with E-state index >= 15 is 0 Å². The van der Waals surface area contributed by atoms with Crippen LogP contribution < -0.4 is 10.2 Å². The summed E-state index contributed by atoms with van der Waals surface area (Å²) in [6.07, 6.45) is 0. The predicted molar refractivity (Wildman–Crippen MR) is 84.8 cm³/mol. The molecule has 0 aliphatic heterocycles. The smallest absolute Gasteiger partial charge is 0.328 e. The molecule has 110 valence electrons. The van der Waals surface area contributed by atoms with E-state index in [1.165, 1.54) is 6.07 Å². The van der Waals surface area contributed by atoms with E-state index in [1.807, 2.05) is 31.1 Å². The molecular weight excluding hydrogens is 341 g/mol. The molecule has 0 bridgehead atoms. The van der Waals surface area contributed by atoms with Crippen molar-refractivity contribution in [3.05, 3.63) is 56.8 Å². The number of hydrogen-bond acceptors (Lipinski definition) is 4. The highest BCUT2D eigenvalue weighted by atomic mass is 79.9. The molecule has 5 nitrogen and oxygen atoms in total. The summed E-state index contributed by atoms with van der Waals surface area (Å²) in [4.78, 5) is 12.2. The van der Waals surface area contributed by atoms with Gasteiger partial charge < -0.3 is 10.2 Å². The van der Waals surface area contributed by atoms with Crippen molar-refractivity contribution in [2.24, 2.45) is 0 Å². The molecule has 0 spiro atoms. The van der Waals surface area contributed by atoms with Crippen LogP contribution in [0.2, 0.25) is 0 Å². The van der Waals surface area contributed by atoms with Gasteiger partial charge in [-0.3, -0.25) is 10.1 Å². The monoisotopic (exact) mass is 353 g/mol. The molecule has 0 saturated carbocycles. The Balaban J connectivity index is 2.37. The van der Waals surface area contributed by atoms with Crippen molar-refractivity contribution in [3.63, 3.8) is 0 Å². The lowest BCUT2D eigenvalue weighted by Gasteiger charge is -2.13. The van der Waals surface area contributed by atoms with Gasteiger partial charge in [0.1, 0.15) is 5.69 Å². The predicted octanol–water partition coefficient (Wildman–Crippen LogP) is 4.31. The second-order valence-corrected chi connectivity index (χ2v) is 5.52. The summed E-state index contributed by atoms with van der Waals surface area (Å²) in [7, 11) is 3.83. The zero-order valence-corrected chi connectivity index (χ0v) is 13.0. The van der Waals surface area contributed by atoms with Gasteiger partial charge in [0.2, 0.25) is 5.82 Å². The van der Waals surface area contributed by atoms with E-state index in [2.05, 4.69) is 21.2 Å². The van der Waals surface area contributed by atoms with Gasteiger partial charge in [-0.05, 0) is 36.4 Å². The Morgan fingerprint density at radius 3 is 2.38 bits per heavy atom. The molecule has 0 saturated heterocycles. The summed E-state index contributed by atoms with van der Waals surface area (Å²) in [5.41, 5.74) is 1.16. The first-order valence-electron chi connectivity index (χ1n) is 6.06. The third-order valence-corrected chi connectivity index (χ3v) is 3.33. The average molecular weight is 354 g/mol. The molecule has 2 aromatic rings. The zero-order chi connectivity index (χ0) is 15.6. The largest absolute Gasteiger partial charge is 0.378 e. The summed E-state index contributed by atoms with van der Waals surface area (Å²) in [5.74, 6) is -0.887. The number of nitrogens with one attached hydrogen (secondary N) is 1. The lowest BCUT2D eigenvalue weighted by Crippen LogP contribution is -2.08. The number of nitro benzene ring substituents is 1. The Kier molecular flexibility index (Phi) is 4.42. The first-order valence-corrected chi connectivity index (χ1v) is 6.85. The Morgan fingerprint density at radius 2 is 1.86 bits per heavy atom. The highest BCUT2D eigenvalue weighted by Crippen LogP contribution is 2.33. The van der Waals surface area contributed by atoms with E-state index in [0.29, 0.717) is 10.2 Å². The van der Waals surface area contributed by atoms with Crippen LogP contribution in [0, 0.1) is 15.9 Å². The number of nitro groups is 1. The Labute approximate surface area is 129 Å². The third kappa shape index (κ3) is 3.49. The first kappa shape index (κ1) is 15.2. The SMILES string of the molecule is CN(C)c1ccc(Nc2cc(Br)cc(F)c2[N+](=O)[O-])cc1. The van der Waals surface area contributed by atoms with Crippen molar-refractivity contribution in [1.29, 1.82) is 0 Å². The van der Waals surface area contributed by atoms with E-state index in [0.717, 1.165) is 11.8 Å². The third-order valence-electron chi connectivity index (χ3n) is 2.87. The molecule has 0 aromatic heterocycles. The van der Waals surface area contributed by atoms with Crippen LogP contribution >= 0.6 is 15.9 Å². The van der Waals surface area contributed by atoms with Crippen LogP contribution in [0.3, 0.4) is 0 Å². The van der Waals surface area contributed by atoms with Crippen molar-refractivity contribution in [1.82, 2.24) is 0 Å². The number of hydrogen-bond donors (Lipinski definition) is 1. The van der Waals surface area contributed by atoms with Crippen molar-refractivity contribution >= 4 is 38.7 Å². The van der Waals surface area contributed by atoms with Gasteiger partial charge in [0.05, 0.1) is 4.92 Å². The van der Waals surface area contributed by atoms with Gasteiger partial charge in [0.25, 0.3) is 0 Å². The Bertz CT molecular complexity index is 675. The molecule has 0 heterocycles. The van der Waals surface area contributed by atoms with Gasteiger partial charge >= 0.3 is 5.69 Å². The molecule has 0 unspecified atom stereocenters. The summed E-state index contributed by atoms with van der Waals surface area (Å²) < 4.78 is 14.1. The number of halogens is 2. The molecule has 21 heavy (non-hydrogen) atoms. The number of nitrogens with zero attached hydrogens (tertiary/aromatic N) is 2. The second kappa shape index (κ2) is 6.09. The molecule has 0 radical (unpaired) electrons. The highest BCUT2D eigenvalue weighted by Gasteiger charge is 2.21. The first-order chi connectivity index (χ1) is 9.88. The minimum absolute atomic E-state index is 0.101. The molecule has 0 amide bonds. The maximum atomic E-state index is 13.7. The van der Waals surface area contributed by atoms with E-state index in [-0.39, 0.29) is 5.69 Å². The molecule has 7 heteroatoms. The van der Waals surface area contributed by atoms with Gasteiger partial charge in [0.15, 0.2) is 0 Å². The lowest BCUT2D eigenvalue weighted by atomic mass is 10.2. The number of anilines is 3. The standard InChI is InChI=1S/C14H13BrFN3O2/c1-18(2)11-5-3-10(4-6-11)17-13-8-9(15)7-12(16)14(13)19(20)21/h3-8,17H,1-2H3. The van der Waals surface area contributed by atoms with Crippen molar-refractivity contribution < 1.29 is 9.31 Å².